The van der Waals surface area contributed by atoms with Crippen molar-refractivity contribution < 1.29 is 9.53 Å². The molecule has 1 aromatic carbocycles. The van der Waals surface area contributed by atoms with Gasteiger partial charge in [0.1, 0.15) is 6.61 Å². The molecule has 2 aliphatic heterocycles. The van der Waals surface area contributed by atoms with Gasteiger partial charge >= 0.3 is 0 Å². The molecule has 0 unspecified atom stereocenters. The maximum absolute atomic E-state index is 12.3. The van der Waals surface area contributed by atoms with Crippen molar-refractivity contribution in [3.05, 3.63) is 59.8 Å². The minimum absolute atomic E-state index is 0.0120. The van der Waals surface area contributed by atoms with E-state index in [0.29, 0.717) is 19.0 Å². The second-order valence-corrected chi connectivity index (χ2v) is 6.46. The fourth-order valence-corrected chi connectivity index (χ4v) is 3.63. The summed E-state index contributed by atoms with van der Waals surface area (Å²) in [5.41, 5.74) is 4.53. The number of ether oxygens (including phenoxy) is 1. The number of aromatic nitrogens is 2. The SMILES string of the molecule is O=C1NC[C@@H]2C/C=C/COc3ccc4cccc(c4n3)-c3cc1c2[nH]3. The van der Waals surface area contributed by atoms with Crippen molar-refractivity contribution in [3.63, 3.8) is 0 Å². The van der Waals surface area contributed by atoms with Gasteiger partial charge in [-0.1, -0.05) is 30.4 Å². The minimum atomic E-state index is -0.0120. The molecule has 0 spiro atoms. The van der Waals surface area contributed by atoms with Gasteiger partial charge in [-0.2, -0.15) is 0 Å². The van der Waals surface area contributed by atoms with E-state index in [4.69, 9.17) is 4.74 Å². The number of nitrogens with zero attached hydrogens (tertiary/aromatic N) is 1. The summed E-state index contributed by atoms with van der Waals surface area (Å²) < 4.78 is 5.76. The summed E-state index contributed by atoms with van der Waals surface area (Å²) in [6.07, 6.45) is 4.97. The van der Waals surface area contributed by atoms with E-state index in [1.807, 2.05) is 42.5 Å². The molecule has 0 saturated heterocycles. The highest BCUT2D eigenvalue weighted by Gasteiger charge is 2.27. The van der Waals surface area contributed by atoms with Crippen LogP contribution in [0.1, 0.15) is 28.4 Å². The zero-order valence-electron chi connectivity index (χ0n) is 13.6. The van der Waals surface area contributed by atoms with E-state index in [0.717, 1.165) is 39.8 Å². The number of benzene rings is 1. The number of hydrogen-bond acceptors (Lipinski definition) is 3. The summed E-state index contributed by atoms with van der Waals surface area (Å²) in [5, 5.41) is 4.03. The normalized spacial score (nSPS) is 20.2. The van der Waals surface area contributed by atoms with E-state index in [-0.39, 0.29) is 11.8 Å². The van der Waals surface area contributed by atoms with Crippen molar-refractivity contribution in [2.45, 2.75) is 12.3 Å². The molecule has 0 saturated carbocycles. The summed E-state index contributed by atoms with van der Waals surface area (Å²) in [4.78, 5) is 20.5. The van der Waals surface area contributed by atoms with Crippen LogP contribution < -0.4 is 10.1 Å². The van der Waals surface area contributed by atoms with Gasteiger partial charge in [-0.25, -0.2) is 4.98 Å². The highest BCUT2D eigenvalue weighted by atomic mass is 16.5. The molecular formula is C20H17N3O2. The Kier molecular flexibility index (Phi) is 3.13. The summed E-state index contributed by atoms with van der Waals surface area (Å²) in [6.45, 7) is 1.13. The zero-order chi connectivity index (χ0) is 16.8. The van der Waals surface area contributed by atoms with E-state index in [2.05, 4.69) is 21.4 Å². The number of amides is 1. The van der Waals surface area contributed by atoms with Gasteiger partial charge in [0.15, 0.2) is 0 Å². The smallest absolute Gasteiger partial charge is 0.253 e. The van der Waals surface area contributed by atoms with Crippen molar-refractivity contribution >= 4 is 16.8 Å². The lowest BCUT2D eigenvalue weighted by atomic mass is 9.94. The summed E-state index contributed by atoms with van der Waals surface area (Å²) in [6, 6.07) is 11.9. The molecule has 0 fully saturated rings. The molecule has 1 atom stereocenters. The Labute approximate surface area is 144 Å². The van der Waals surface area contributed by atoms with E-state index < -0.39 is 0 Å². The average molecular weight is 331 g/mol. The molecule has 5 heteroatoms. The van der Waals surface area contributed by atoms with Gasteiger partial charge in [-0.15, -0.1) is 0 Å². The molecule has 3 aromatic rings. The van der Waals surface area contributed by atoms with E-state index in [9.17, 15) is 4.79 Å². The van der Waals surface area contributed by atoms with Crippen LogP contribution in [0.15, 0.2) is 48.6 Å². The lowest BCUT2D eigenvalue weighted by Gasteiger charge is -2.21. The summed E-state index contributed by atoms with van der Waals surface area (Å²) >= 11 is 0. The van der Waals surface area contributed by atoms with Gasteiger partial charge in [0.2, 0.25) is 5.88 Å². The third kappa shape index (κ3) is 2.31. The summed E-state index contributed by atoms with van der Waals surface area (Å²) in [5.74, 6) is 0.841. The van der Waals surface area contributed by atoms with Gasteiger partial charge in [-0.3, -0.25) is 4.79 Å². The predicted octanol–water partition coefficient (Wildman–Crippen LogP) is 3.40. The monoisotopic (exact) mass is 331 g/mol. The number of aromatic amines is 1. The predicted molar refractivity (Wildman–Crippen MR) is 95.9 cm³/mol. The van der Waals surface area contributed by atoms with Gasteiger partial charge in [0.05, 0.1) is 11.1 Å². The molecule has 25 heavy (non-hydrogen) atoms. The Bertz CT molecular complexity index is 1020. The molecule has 124 valence electrons. The number of hydrogen-bond donors (Lipinski definition) is 2. The number of H-pyrrole nitrogens is 1. The molecule has 2 aliphatic rings. The first-order valence-electron chi connectivity index (χ1n) is 8.48. The Morgan fingerprint density at radius 1 is 1.12 bits per heavy atom. The molecule has 1 amide bonds. The number of allylic oxidation sites excluding steroid dienone is 1. The fraction of sp³-hybridized carbons (Fsp3) is 0.200. The van der Waals surface area contributed by atoms with Crippen LogP contribution >= 0.6 is 0 Å². The lowest BCUT2D eigenvalue weighted by molar-refractivity contribution is 0.0940. The maximum atomic E-state index is 12.3. The molecule has 2 N–H and O–H groups in total. The van der Waals surface area contributed by atoms with Crippen molar-refractivity contribution in [3.8, 4) is 17.1 Å². The number of fused-ring (bicyclic) bond motifs is 3. The largest absolute Gasteiger partial charge is 0.473 e. The Hall–Kier alpha value is -3.08. The zero-order valence-corrected chi connectivity index (χ0v) is 13.6. The van der Waals surface area contributed by atoms with Crippen LogP contribution in [0.3, 0.4) is 0 Å². The van der Waals surface area contributed by atoms with E-state index in [1.165, 1.54) is 0 Å². The van der Waals surface area contributed by atoms with Gasteiger partial charge in [0.25, 0.3) is 5.91 Å². The first kappa shape index (κ1) is 14.3. The van der Waals surface area contributed by atoms with Crippen LogP contribution in [0.25, 0.3) is 22.2 Å². The molecule has 5 rings (SSSR count). The van der Waals surface area contributed by atoms with Crippen LogP contribution in [0.5, 0.6) is 5.88 Å². The average Bonchev–Trinajstić information content (AvgIpc) is 3.08. The standard InChI is InChI=1S/C20H17N3O2/c24-20-15-10-16-14-6-3-5-12-7-8-17(23-18(12)14)25-9-2-1-4-13(11-21-20)19(15)22-16/h1-3,5-8,10,13,22H,4,9,11H2,(H,21,24)/b2-1+/t13-/m0/s1. The molecule has 0 radical (unpaired) electrons. The molecule has 5 nitrogen and oxygen atoms in total. The van der Waals surface area contributed by atoms with Crippen molar-refractivity contribution in [1.29, 1.82) is 0 Å². The van der Waals surface area contributed by atoms with Crippen LogP contribution in [0.4, 0.5) is 0 Å². The van der Waals surface area contributed by atoms with Gasteiger partial charge in [0, 0.05) is 40.9 Å². The van der Waals surface area contributed by atoms with Gasteiger partial charge < -0.3 is 15.0 Å². The number of nitrogens with one attached hydrogen (secondary N) is 2. The molecule has 0 aliphatic carbocycles. The van der Waals surface area contributed by atoms with Crippen molar-refractivity contribution in [1.82, 2.24) is 15.3 Å². The third-order valence-electron chi connectivity index (χ3n) is 4.91. The minimum Gasteiger partial charge on any atom is -0.473 e. The molecule has 4 heterocycles. The van der Waals surface area contributed by atoms with Crippen molar-refractivity contribution in [2.24, 2.45) is 0 Å². The number of pyridine rings is 1. The van der Waals surface area contributed by atoms with E-state index in [1.54, 1.807) is 0 Å². The number of rotatable bonds is 0. The first-order chi connectivity index (χ1) is 12.3. The number of carbonyl (C=O) groups excluding carboxylic acids is 1. The molecular weight excluding hydrogens is 314 g/mol. The van der Waals surface area contributed by atoms with Crippen LogP contribution in [-0.2, 0) is 0 Å². The Morgan fingerprint density at radius 3 is 3.04 bits per heavy atom. The van der Waals surface area contributed by atoms with Gasteiger partial charge in [-0.05, 0) is 18.6 Å². The Morgan fingerprint density at radius 2 is 2.08 bits per heavy atom. The van der Waals surface area contributed by atoms with Crippen molar-refractivity contribution in [2.75, 3.05) is 13.2 Å². The fourth-order valence-electron chi connectivity index (χ4n) is 3.63. The van der Waals surface area contributed by atoms with Crippen LogP contribution in [0.2, 0.25) is 0 Å². The van der Waals surface area contributed by atoms with E-state index >= 15 is 0 Å². The van der Waals surface area contributed by atoms with Crippen LogP contribution in [0, 0.1) is 0 Å². The highest BCUT2D eigenvalue weighted by Crippen LogP contribution is 2.34. The third-order valence-corrected chi connectivity index (χ3v) is 4.91. The quantitative estimate of drug-likeness (QED) is 0.621. The molecule has 2 aromatic heterocycles. The highest BCUT2D eigenvalue weighted by molar-refractivity contribution is 6.00. The molecule has 4 bridgehead atoms. The second kappa shape index (κ2) is 5.48. The Balaban J connectivity index is 1.78. The second-order valence-electron chi connectivity index (χ2n) is 6.46. The lowest BCUT2D eigenvalue weighted by Crippen LogP contribution is -2.34. The maximum Gasteiger partial charge on any atom is 0.253 e. The van der Waals surface area contributed by atoms with Crippen LogP contribution in [-0.4, -0.2) is 29.0 Å². The number of carbonyl (C=O) groups is 1. The topological polar surface area (TPSA) is 67.0 Å². The summed E-state index contributed by atoms with van der Waals surface area (Å²) in [7, 11) is 0. The first-order valence-corrected chi connectivity index (χ1v) is 8.48. The number of para-hydroxylation sites is 1.